The number of halogens is 1. The smallest absolute Gasteiger partial charge is 0.192 e. The average molecular weight is 352 g/mol. The lowest BCUT2D eigenvalue weighted by atomic mass is 10.2. The van der Waals surface area contributed by atoms with Gasteiger partial charge in [-0.2, -0.15) is 0 Å². The first-order chi connectivity index (χ1) is 7.15. The van der Waals surface area contributed by atoms with E-state index in [2.05, 4.69) is 66.0 Å². The maximum Gasteiger partial charge on any atom is 0.192 e. The van der Waals surface area contributed by atoms with Crippen LogP contribution in [0.2, 0.25) is 18.1 Å². The molecule has 16 heavy (non-hydrogen) atoms. The molecule has 0 fully saturated rings. The van der Waals surface area contributed by atoms with Gasteiger partial charge in [-0.05, 0) is 40.7 Å². The van der Waals surface area contributed by atoms with Crippen LogP contribution in [0, 0.1) is 3.83 Å². The van der Waals surface area contributed by atoms with Gasteiger partial charge in [-0.25, -0.2) is 4.98 Å². The first-order valence-corrected chi connectivity index (χ1v) is 9.44. The molecule has 0 bridgehead atoms. The molecular weight excluding hydrogens is 331 g/mol. The maximum absolute atomic E-state index is 6.15. The fraction of sp³-hybridized carbons (Fsp3) is 0.727. The highest BCUT2D eigenvalue weighted by Gasteiger charge is 2.37. The van der Waals surface area contributed by atoms with Gasteiger partial charge >= 0.3 is 0 Å². The third-order valence-electron chi connectivity index (χ3n) is 3.41. The van der Waals surface area contributed by atoms with Crippen LogP contribution in [0.5, 0.6) is 0 Å². The van der Waals surface area contributed by atoms with E-state index < -0.39 is 8.32 Å². The molecular formula is C11H21IN2OSi. The summed E-state index contributed by atoms with van der Waals surface area (Å²) in [4.78, 5) is 4.26. The third-order valence-corrected chi connectivity index (χ3v) is 8.90. The Morgan fingerprint density at radius 2 is 2.00 bits per heavy atom. The fourth-order valence-electron chi connectivity index (χ4n) is 1.02. The SMILES string of the molecule is Cn1c(CO[Si](C)(C)C(C)(C)C)cnc1I. The molecule has 1 rings (SSSR count). The molecule has 1 aromatic heterocycles. The summed E-state index contributed by atoms with van der Waals surface area (Å²) < 4.78 is 9.23. The summed E-state index contributed by atoms with van der Waals surface area (Å²) in [5, 5.41) is 0.263. The number of nitrogens with zero attached hydrogens (tertiary/aromatic N) is 2. The predicted octanol–water partition coefficient (Wildman–Crippen LogP) is 3.55. The van der Waals surface area contributed by atoms with E-state index in [0.717, 1.165) is 9.53 Å². The lowest BCUT2D eigenvalue weighted by Crippen LogP contribution is -2.40. The minimum absolute atomic E-state index is 0.263. The van der Waals surface area contributed by atoms with Crippen molar-refractivity contribution in [1.82, 2.24) is 9.55 Å². The summed E-state index contributed by atoms with van der Waals surface area (Å²) >= 11 is 2.23. The molecule has 3 nitrogen and oxygen atoms in total. The minimum Gasteiger partial charge on any atom is -0.411 e. The first-order valence-electron chi connectivity index (χ1n) is 5.45. The van der Waals surface area contributed by atoms with Crippen molar-refractivity contribution >= 4 is 30.9 Å². The Labute approximate surface area is 113 Å². The van der Waals surface area contributed by atoms with Gasteiger partial charge < -0.3 is 8.99 Å². The summed E-state index contributed by atoms with van der Waals surface area (Å²) in [6, 6.07) is 0. The van der Waals surface area contributed by atoms with Gasteiger partial charge in [-0.15, -0.1) is 0 Å². The van der Waals surface area contributed by atoms with Crippen LogP contribution in [-0.4, -0.2) is 17.9 Å². The Balaban J connectivity index is 2.69. The molecule has 0 spiro atoms. The topological polar surface area (TPSA) is 27.1 Å². The van der Waals surface area contributed by atoms with Crippen molar-refractivity contribution in [2.24, 2.45) is 7.05 Å². The number of hydrogen-bond donors (Lipinski definition) is 0. The summed E-state index contributed by atoms with van der Waals surface area (Å²) in [6.45, 7) is 12.0. The Morgan fingerprint density at radius 3 is 2.38 bits per heavy atom. The van der Waals surface area contributed by atoms with E-state index in [-0.39, 0.29) is 5.04 Å². The zero-order valence-corrected chi connectivity index (χ0v) is 14.1. The maximum atomic E-state index is 6.15. The first kappa shape index (κ1) is 14.2. The molecule has 0 aromatic carbocycles. The van der Waals surface area contributed by atoms with E-state index in [1.54, 1.807) is 0 Å². The lowest BCUT2D eigenvalue weighted by Gasteiger charge is -2.36. The molecule has 0 N–H and O–H groups in total. The molecule has 92 valence electrons. The normalized spacial score (nSPS) is 13.2. The highest BCUT2D eigenvalue weighted by molar-refractivity contribution is 14.1. The van der Waals surface area contributed by atoms with Gasteiger partial charge in [0.1, 0.15) is 0 Å². The number of aromatic nitrogens is 2. The average Bonchev–Trinajstić information content (AvgIpc) is 2.43. The van der Waals surface area contributed by atoms with Gasteiger partial charge in [-0.3, -0.25) is 0 Å². The number of imidazole rings is 1. The van der Waals surface area contributed by atoms with E-state index in [4.69, 9.17) is 4.43 Å². The second-order valence-corrected chi connectivity index (χ2v) is 11.4. The highest BCUT2D eigenvalue weighted by Crippen LogP contribution is 2.37. The van der Waals surface area contributed by atoms with E-state index >= 15 is 0 Å². The molecule has 0 aliphatic carbocycles. The molecule has 0 aliphatic rings. The van der Waals surface area contributed by atoms with Crippen LogP contribution in [0.4, 0.5) is 0 Å². The monoisotopic (exact) mass is 352 g/mol. The fourth-order valence-corrected chi connectivity index (χ4v) is 2.42. The van der Waals surface area contributed by atoms with Gasteiger partial charge in [0, 0.05) is 7.05 Å². The van der Waals surface area contributed by atoms with Crippen molar-refractivity contribution in [2.75, 3.05) is 0 Å². The van der Waals surface area contributed by atoms with Crippen molar-refractivity contribution in [3.8, 4) is 0 Å². The zero-order valence-electron chi connectivity index (χ0n) is 11.0. The molecule has 5 heteroatoms. The Bertz CT molecular complexity index is 369. The van der Waals surface area contributed by atoms with Gasteiger partial charge in [0.15, 0.2) is 12.1 Å². The molecule has 1 aromatic rings. The molecule has 0 unspecified atom stereocenters. The Kier molecular flexibility index (Phi) is 4.23. The van der Waals surface area contributed by atoms with Crippen LogP contribution in [-0.2, 0) is 18.1 Å². The standard InChI is InChI=1S/C11H21IN2OSi/c1-11(2,3)16(5,6)15-8-9-7-13-10(12)14(9)4/h7H,8H2,1-6H3. The van der Waals surface area contributed by atoms with E-state index in [0.29, 0.717) is 6.61 Å². The lowest BCUT2D eigenvalue weighted by molar-refractivity contribution is 0.268. The Morgan fingerprint density at radius 1 is 1.44 bits per heavy atom. The number of rotatable bonds is 3. The Hall–Kier alpha value is 0.117. The predicted molar refractivity (Wildman–Crippen MR) is 77.9 cm³/mol. The molecule has 0 saturated heterocycles. The van der Waals surface area contributed by atoms with E-state index in [1.165, 1.54) is 0 Å². The molecule has 1 heterocycles. The number of hydrogen-bond acceptors (Lipinski definition) is 2. The van der Waals surface area contributed by atoms with Crippen LogP contribution in [0.3, 0.4) is 0 Å². The van der Waals surface area contributed by atoms with Crippen LogP contribution >= 0.6 is 22.6 Å². The van der Waals surface area contributed by atoms with E-state index in [1.807, 2.05) is 13.2 Å². The van der Waals surface area contributed by atoms with Gasteiger partial charge in [0.05, 0.1) is 18.5 Å². The molecule has 0 atom stereocenters. The quantitative estimate of drug-likeness (QED) is 0.615. The summed E-state index contributed by atoms with van der Waals surface area (Å²) in [7, 11) is 0.382. The largest absolute Gasteiger partial charge is 0.411 e. The molecule has 0 amide bonds. The summed E-state index contributed by atoms with van der Waals surface area (Å²) in [6.07, 6.45) is 1.90. The molecule has 0 radical (unpaired) electrons. The van der Waals surface area contributed by atoms with Crippen molar-refractivity contribution < 1.29 is 4.43 Å². The summed E-state index contributed by atoms with van der Waals surface area (Å²) in [5.41, 5.74) is 1.15. The van der Waals surface area contributed by atoms with Gasteiger partial charge in [0.25, 0.3) is 0 Å². The second-order valence-electron chi connectivity index (χ2n) is 5.63. The minimum atomic E-state index is -1.64. The summed E-state index contributed by atoms with van der Waals surface area (Å²) in [5.74, 6) is 0. The molecule has 0 saturated carbocycles. The van der Waals surface area contributed by atoms with Crippen LogP contribution in [0.15, 0.2) is 6.20 Å². The van der Waals surface area contributed by atoms with E-state index in [9.17, 15) is 0 Å². The van der Waals surface area contributed by atoms with Crippen molar-refractivity contribution in [1.29, 1.82) is 0 Å². The third kappa shape index (κ3) is 3.07. The van der Waals surface area contributed by atoms with Crippen LogP contribution in [0.25, 0.3) is 0 Å². The van der Waals surface area contributed by atoms with Crippen molar-refractivity contribution in [3.05, 3.63) is 15.7 Å². The second kappa shape index (κ2) is 4.78. The van der Waals surface area contributed by atoms with Gasteiger partial charge in [0.2, 0.25) is 0 Å². The van der Waals surface area contributed by atoms with Crippen LogP contribution < -0.4 is 0 Å². The molecule has 0 aliphatic heterocycles. The zero-order chi connectivity index (χ0) is 12.6. The van der Waals surface area contributed by atoms with Gasteiger partial charge in [-0.1, -0.05) is 20.8 Å². The highest BCUT2D eigenvalue weighted by atomic mass is 127. The van der Waals surface area contributed by atoms with Crippen LogP contribution in [0.1, 0.15) is 26.5 Å². The van der Waals surface area contributed by atoms with Crippen molar-refractivity contribution in [3.63, 3.8) is 0 Å². The van der Waals surface area contributed by atoms with Crippen molar-refractivity contribution in [2.45, 2.75) is 45.5 Å².